The van der Waals surface area contributed by atoms with Gasteiger partial charge in [-0.1, -0.05) is 19.1 Å². The fourth-order valence-corrected chi connectivity index (χ4v) is 1.52. The number of benzene rings is 1. The smallest absolute Gasteiger partial charge is 0.207 e. The van der Waals surface area contributed by atoms with Crippen LogP contribution in [0.4, 0.5) is 8.78 Å². The minimum Gasteiger partial charge on any atom is -0.383 e. The number of nitrogens with one attached hydrogen (secondary N) is 2. The highest BCUT2D eigenvalue weighted by molar-refractivity contribution is 5.64. The Hall–Kier alpha value is -1.91. The molecule has 0 atom stereocenters. The monoisotopic (exact) mass is 254 g/mol. The molecule has 1 aromatic rings. The largest absolute Gasteiger partial charge is 0.383 e. The summed E-state index contributed by atoms with van der Waals surface area (Å²) in [6.45, 7) is 2.77. The Labute approximate surface area is 105 Å². The van der Waals surface area contributed by atoms with Crippen molar-refractivity contribution in [3.63, 3.8) is 0 Å². The van der Waals surface area contributed by atoms with Crippen molar-refractivity contribution >= 4 is 12.1 Å². The number of rotatable bonds is 7. The fourth-order valence-electron chi connectivity index (χ4n) is 1.52. The molecule has 0 spiro atoms. The summed E-state index contributed by atoms with van der Waals surface area (Å²) in [5.41, 5.74) is 0.727. The normalized spacial score (nSPS) is 11.2. The Morgan fingerprint density at radius 3 is 2.78 bits per heavy atom. The summed E-state index contributed by atoms with van der Waals surface area (Å²) in [4.78, 5) is 10.1. The predicted octanol–water partition coefficient (Wildman–Crippen LogP) is 2.05. The van der Waals surface area contributed by atoms with Gasteiger partial charge in [0.25, 0.3) is 0 Å². The minimum atomic E-state index is -0.873. The van der Waals surface area contributed by atoms with E-state index in [1.165, 1.54) is 12.1 Å². The van der Waals surface area contributed by atoms with Crippen molar-refractivity contribution in [1.82, 2.24) is 10.6 Å². The zero-order valence-corrected chi connectivity index (χ0v) is 10.2. The zero-order valence-electron chi connectivity index (χ0n) is 10.2. The van der Waals surface area contributed by atoms with Crippen LogP contribution in [0.25, 0.3) is 5.70 Å². The summed E-state index contributed by atoms with van der Waals surface area (Å²) >= 11 is 0. The quantitative estimate of drug-likeness (QED) is 0.577. The first-order chi connectivity index (χ1) is 8.70. The Balaban J connectivity index is 2.81. The van der Waals surface area contributed by atoms with Crippen molar-refractivity contribution in [2.45, 2.75) is 13.3 Å². The molecular formula is C13H16F2N2O. The molecule has 0 aliphatic rings. The maximum absolute atomic E-state index is 13.6. The van der Waals surface area contributed by atoms with Crippen molar-refractivity contribution in [2.24, 2.45) is 0 Å². The van der Waals surface area contributed by atoms with Gasteiger partial charge in [-0.3, -0.25) is 4.79 Å². The molecule has 0 aliphatic carbocycles. The lowest BCUT2D eigenvalue weighted by Gasteiger charge is -2.12. The average Bonchev–Trinajstić information content (AvgIpc) is 2.37. The van der Waals surface area contributed by atoms with Gasteiger partial charge in [0.1, 0.15) is 0 Å². The van der Waals surface area contributed by atoms with Crippen molar-refractivity contribution in [1.29, 1.82) is 0 Å². The van der Waals surface area contributed by atoms with E-state index in [0.717, 1.165) is 6.07 Å². The molecular weight excluding hydrogens is 238 g/mol. The second-order valence-electron chi connectivity index (χ2n) is 3.63. The number of halogens is 2. The van der Waals surface area contributed by atoms with Gasteiger partial charge in [0, 0.05) is 24.4 Å². The maximum Gasteiger partial charge on any atom is 0.207 e. The Bertz CT molecular complexity index is 433. The van der Waals surface area contributed by atoms with E-state index < -0.39 is 11.6 Å². The third-order valence-corrected chi connectivity index (χ3v) is 2.32. The van der Waals surface area contributed by atoms with Crippen LogP contribution in [-0.4, -0.2) is 19.5 Å². The Kier molecular flexibility index (Phi) is 5.84. The van der Waals surface area contributed by atoms with E-state index in [4.69, 9.17) is 0 Å². The van der Waals surface area contributed by atoms with Crippen LogP contribution in [-0.2, 0) is 4.79 Å². The van der Waals surface area contributed by atoms with E-state index in [1.54, 1.807) is 6.08 Å². The van der Waals surface area contributed by atoms with Crippen LogP contribution < -0.4 is 10.6 Å². The third-order valence-electron chi connectivity index (χ3n) is 2.32. The molecule has 0 aliphatic heterocycles. The van der Waals surface area contributed by atoms with E-state index in [9.17, 15) is 13.6 Å². The van der Waals surface area contributed by atoms with Crippen LogP contribution in [0.2, 0.25) is 0 Å². The van der Waals surface area contributed by atoms with Gasteiger partial charge in [-0.25, -0.2) is 8.78 Å². The third kappa shape index (κ3) is 3.84. The lowest BCUT2D eigenvalue weighted by atomic mass is 10.1. The van der Waals surface area contributed by atoms with Crippen LogP contribution >= 0.6 is 0 Å². The maximum atomic E-state index is 13.6. The molecule has 18 heavy (non-hydrogen) atoms. The number of hydrogen-bond acceptors (Lipinski definition) is 2. The van der Waals surface area contributed by atoms with Crippen LogP contribution in [0.15, 0.2) is 24.3 Å². The summed E-state index contributed by atoms with van der Waals surface area (Å²) < 4.78 is 26.8. The molecule has 2 N–H and O–H groups in total. The van der Waals surface area contributed by atoms with Crippen LogP contribution in [0.5, 0.6) is 0 Å². The van der Waals surface area contributed by atoms with Crippen molar-refractivity contribution in [3.05, 3.63) is 41.5 Å². The first-order valence-corrected chi connectivity index (χ1v) is 5.76. The minimum absolute atomic E-state index is 0.197. The zero-order chi connectivity index (χ0) is 13.4. The highest BCUT2D eigenvalue weighted by atomic mass is 19.2. The highest BCUT2D eigenvalue weighted by Crippen LogP contribution is 2.18. The summed E-state index contributed by atoms with van der Waals surface area (Å²) in [7, 11) is 0. The molecule has 1 amide bonds. The SMILES string of the molecule is CC/C=C(/NCCNC=O)c1cccc(F)c1F. The number of carbonyl (C=O) groups is 1. The summed E-state index contributed by atoms with van der Waals surface area (Å²) in [5, 5.41) is 5.46. The Morgan fingerprint density at radius 2 is 2.11 bits per heavy atom. The lowest BCUT2D eigenvalue weighted by Crippen LogP contribution is -2.25. The molecule has 1 rings (SSSR count). The Morgan fingerprint density at radius 1 is 1.33 bits per heavy atom. The van der Waals surface area contributed by atoms with Gasteiger partial charge >= 0.3 is 0 Å². The van der Waals surface area contributed by atoms with Crippen molar-refractivity contribution < 1.29 is 13.6 Å². The summed E-state index contributed by atoms with van der Waals surface area (Å²) in [5.74, 6) is -1.74. The molecule has 3 nitrogen and oxygen atoms in total. The molecule has 0 unspecified atom stereocenters. The van der Waals surface area contributed by atoms with Crippen molar-refractivity contribution in [3.8, 4) is 0 Å². The van der Waals surface area contributed by atoms with E-state index in [-0.39, 0.29) is 5.56 Å². The molecule has 0 radical (unpaired) electrons. The fraction of sp³-hybridized carbons (Fsp3) is 0.308. The molecule has 0 saturated carbocycles. The molecule has 0 heterocycles. The first kappa shape index (κ1) is 14.2. The van der Waals surface area contributed by atoms with Gasteiger partial charge in [0.05, 0.1) is 0 Å². The van der Waals surface area contributed by atoms with Gasteiger partial charge in [-0.15, -0.1) is 0 Å². The predicted molar refractivity (Wildman–Crippen MR) is 66.7 cm³/mol. The van der Waals surface area contributed by atoms with Gasteiger partial charge < -0.3 is 10.6 Å². The van der Waals surface area contributed by atoms with Gasteiger partial charge in [0.15, 0.2) is 11.6 Å². The topological polar surface area (TPSA) is 41.1 Å². The van der Waals surface area contributed by atoms with Crippen LogP contribution in [0.3, 0.4) is 0 Å². The van der Waals surface area contributed by atoms with Gasteiger partial charge in [-0.05, 0) is 18.6 Å². The summed E-state index contributed by atoms with van der Waals surface area (Å²) in [6, 6.07) is 4.05. The van der Waals surface area contributed by atoms with E-state index in [0.29, 0.717) is 31.6 Å². The average molecular weight is 254 g/mol. The molecule has 0 aromatic heterocycles. The second-order valence-corrected chi connectivity index (χ2v) is 3.63. The van der Waals surface area contributed by atoms with Gasteiger partial charge in [-0.2, -0.15) is 0 Å². The summed E-state index contributed by atoms with van der Waals surface area (Å²) in [6.07, 6.45) is 3.06. The number of amides is 1. The number of carbonyl (C=O) groups excluding carboxylic acids is 1. The molecule has 0 fully saturated rings. The van der Waals surface area contributed by atoms with Crippen LogP contribution in [0, 0.1) is 11.6 Å². The molecule has 5 heteroatoms. The van der Waals surface area contributed by atoms with E-state index in [2.05, 4.69) is 10.6 Å². The van der Waals surface area contributed by atoms with Gasteiger partial charge in [0.2, 0.25) is 6.41 Å². The first-order valence-electron chi connectivity index (χ1n) is 5.76. The molecule has 0 bridgehead atoms. The highest BCUT2D eigenvalue weighted by Gasteiger charge is 2.11. The number of hydrogen-bond donors (Lipinski definition) is 2. The standard InChI is InChI=1S/C13H16F2N2O/c1-2-4-12(17-8-7-16-9-18)10-5-3-6-11(14)13(10)15/h3-6,9,17H,2,7-8H2,1H3,(H,16,18)/b12-4+. The molecule has 0 saturated heterocycles. The van der Waals surface area contributed by atoms with E-state index in [1.807, 2.05) is 6.92 Å². The molecule has 98 valence electrons. The second kappa shape index (κ2) is 7.42. The number of allylic oxidation sites excluding steroid dienone is 1. The van der Waals surface area contributed by atoms with E-state index >= 15 is 0 Å². The van der Waals surface area contributed by atoms with Crippen LogP contribution in [0.1, 0.15) is 18.9 Å². The lowest BCUT2D eigenvalue weighted by molar-refractivity contribution is -0.109. The molecule has 1 aromatic carbocycles. The van der Waals surface area contributed by atoms with Crippen molar-refractivity contribution in [2.75, 3.05) is 13.1 Å².